The first-order chi connectivity index (χ1) is 14.3. The first-order valence-corrected chi connectivity index (χ1v) is 11.4. The Bertz CT molecular complexity index is 894. The van der Waals surface area contributed by atoms with E-state index in [4.69, 9.17) is 0 Å². The van der Waals surface area contributed by atoms with E-state index in [1.54, 1.807) is 17.5 Å². The number of rotatable bonds is 4. The normalized spacial score (nSPS) is 18.2. The van der Waals surface area contributed by atoms with Gasteiger partial charge >= 0.3 is 0 Å². The second-order valence-electron chi connectivity index (χ2n) is 9.18. The van der Waals surface area contributed by atoms with Gasteiger partial charge in [0.05, 0.1) is 10.9 Å². The van der Waals surface area contributed by atoms with Gasteiger partial charge in [-0.1, -0.05) is 20.8 Å². The maximum Gasteiger partial charge on any atom is 0.261 e. The van der Waals surface area contributed by atoms with Crippen LogP contribution in [0.2, 0.25) is 0 Å². The van der Waals surface area contributed by atoms with Crippen LogP contribution in [0, 0.1) is 5.41 Å². The molecule has 4 rings (SSSR count). The summed E-state index contributed by atoms with van der Waals surface area (Å²) in [4.78, 5) is 31.2. The van der Waals surface area contributed by atoms with Gasteiger partial charge in [0.25, 0.3) is 5.91 Å². The summed E-state index contributed by atoms with van der Waals surface area (Å²) in [6.45, 7) is 9.01. The van der Waals surface area contributed by atoms with E-state index in [2.05, 4.69) is 26.5 Å². The maximum absolute atomic E-state index is 12.6. The van der Waals surface area contributed by atoms with Crippen LogP contribution in [0.1, 0.15) is 54.1 Å². The minimum absolute atomic E-state index is 0.00427. The summed E-state index contributed by atoms with van der Waals surface area (Å²) >= 11 is 1.58. The quantitative estimate of drug-likeness (QED) is 0.812. The molecule has 2 aliphatic rings. The fourth-order valence-corrected chi connectivity index (χ4v) is 5.09. The predicted octanol–water partition coefficient (Wildman–Crippen LogP) is 2.91. The summed E-state index contributed by atoms with van der Waals surface area (Å²) in [5.74, 6) is 1.49. The molecule has 0 bridgehead atoms. The molecule has 2 saturated heterocycles. The summed E-state index contributed by atoms with van der Waals surface area (Å²) in [6.07, 6.45) is 3.57. The Morgan fingerprint density at radius 1 is 1.13 bits per heavy atom. The van der Waals surface area contributed by atoms with Gasteiger partial charge in [0.15, 0.2) is 5.82 Å². The van der Waals surface area contributed by atoms with Crippen LogP contribution in [0.3, 0.4) is 0 Å². The number of nitrogens with one attached hydrogen (secondary N) is 1. The Morgan fingerprint density at radius 2 is 1.87 bits per heavy atom. The Kier molecular flexibility index (Phi) is 5.77. The van der Waals surface area contributed by atoms with Gasteiger partial charge < -0.3 is 15.1 Å². The van der Waals surface area contributed by atoms with Crippen LogP contribution >= 0.6 is 11.3 Å². The van der Waals surface area contributed by atoms with Crippen molar-refractivity contribution >= 4 is 29.0 Å². The van der Waals surface area contributed by atoms with Crippen molar-refractivity contribution in [2.75, 3.05) is 31.1 Å². The minimum atomic E-state index is -0.328. The maximum atomic E-state index is 12.6. The Labute approximate surface area is 181 Å². The molecule has 0 aromatic carbocycles. The molecule has 0 unspecified atom stereocenters. The molecule has 2 aliphatic heterocycles. The van der Waals surface area contributed by atoms with Gasteiger partial charge in [-0.15, -0.1) is 16.4 Å². The number of carbonyl (C=O) groups is 2. The summed E-state index contributed by atoms with van der Waals surface area (Å²) in [5, 5.41) is 11.1. The van der Waals surface area contributed by atoms with E-state index in [9.17, 15) is 9.59 Å². The van der Waals surface area contributed by atoms with Crippen molar-refractivity contribution in [1.82, 2.24) is 20.4 Å². The molecule has 30 heavy (non-hydrogen) atoms. The fraction of sp³-hybridized carbons (Fsp3) is 0.545. The second kappa shape index (κ2) is 8.34. The van der Waals surface area contributed by atoms with Crippen molar-refractivity contribution in [2.45, 2.75) is 45.6 Å². The molecule has 2 amide bonds. The van der Waals surface area contributed by atoms with E-state index in [1.807, 2.05) is 43.9 Å². The molecular formula is C22H29N5O2S. The van der Waals surface area contributed by atoms with Gasteiger partial charge in [0.1, 0.15) is 0 Å². The monoisotopic (exact) mass is 427 g/mol. The van der Waals surface area contributed by atoms with Crippen LogP contribution < -0.4 is 10.2 Å². The third-order valence-electron chi connectivity index (χ3n) is 5.78. The summed E-state index contributed by atoms with van der Waals surface area (Å²) in [6, 6.07) is 7.94. The van der Waals surface area contributed by atoms with Crippen molar-refractivity contribution < 1.29 is 9.59 Å². The number of anilines is 1. The highest BCUT2D eigenvalue weighted by atomic mass is 32.1. The summed E-state index contributed by atoms with van der Waals surface area (Å²) in [7, 11) is 0. The Hall–Kier alpha value is -2.48. The molecule has 8 heteroatoms. The molecule has 2 fully saturated rings. The van der Waals surface area contributed by atoms with Crippen LogP contribution in [-0.4, -0.2) is 59.1 Å². The third kappa shape index (κ3) is 4.48. The lowest BCUT2D eigenvalue weighted by Crippen LogP contribution is -2.59. The predicted molar refractivity (Wildman–Crippen MR) is 118 cm³/mol. The van der Waals surface area contributed by atoms with Gasteiger partial charge in [-0.3, -0.25) is 9.59 Å². The molecule has 4 heterocycles. The van der Waals surface area contributed by atoms with Crippen LogP contribution in [0.4, 0.5) is 5.82 Å². The molecule has 160 valence electrons. The van der Waals surface area contributed by atoms with Crippen molar-refractivity contribution in [3.05, 3.63) is 40.2 Å². The van der Waals surface area contributed by atoms with E-state index >= 15 is 0 Å². The van der Waals surface area contributed by atoms with Crippen LogP contribution in [0.15, 0.2) is 30.5 Å². The SMILES string of the molecule is CC(C)(C)C(=O)N1CCC(c2ccc(C(=O)NC3CN(c4cccnn4)C3)s2)CC1. The van der Waals surface area contributed by atoms with Crippen LogP contribution in [0.25, 0.3) is 0 Å². The average Bonchev–Trinajstić information content (AvgIpc) is 3.20. The number of thiophene rings is 1. The summed E-state index contributed by atoms with van der Waals surface area (Å²) < 4.78 is 0. The number of likely N-dealkylation sites (tertiary alicyclic amines) is 1. The molecule has 2 aromatic rings. The van der Waals surface area contributed by atoms with E-state index in [1.165, 1.54) is 4.88 Å². The minimum Gasteiger partial charge on any atom is -0.351 e. The molecule has 2 aromatic heterocycles. The number of piperidine rings is 1. The largest absolute Gasteiger partial charge is 0.351 e. The molecule has 0 saturated carbocycles. The van der Waals surface area contributed by atoms with E-state index in [0.29, 0.717) is 5.92 Å². The number of amides is 2. The third-order valence-corrected chi connectivity index (χ3v) is 7.02. The molecule has 0 aliphatic carbocycles. The van der Waals surface area contributed by atoms with Gasteiger partial charge in [-0.2, -0.15) is 5.10 Å². The van der Waals surface area contributed by atoms with Gasteiger partial charge in [-0.05, 0) is 43.0 Å². The van der Waals surface area contributed by atoms with Crippen molar-refractivity contribution in [2.24, 2.45) is 5.41 Å². The zero-order chi connectivity index (χ0) is 21.3. The lowest BCUT2D eigenvalue weighted by Gasteiger charge is -2.39. The van der Waals surface area contributed by atoms with E-state index in [0.717, 1.165) is 49.7 Å². The standard InChI is InChI=1S/C22H29N5O2S/c1-22(2,3)21(29)26-11-8-15(9-12-26)17-6-7-18(30-17)20(28)24-16-13-27(14-16)19-5-4-10-23-25-19/h4-7,10,15-16H,8-9,11-14H2,1-3H3,(H,24,28). The highest BCUT2D eigenvalue weighted by Crippen LogP contribution is 2.34. The van der Waals surface area contributed by atoms with E-state index < -0.39 is 0 Å². The van der Waals surface area contributed by atoms with Gasteiger partial charge in [0, 0.05) is 42.7 Å². The molecule has 0 spiro atoms. The topological polar surface area (TPSA) is 78.4 Å². The number of hydrogen-bond donors (Lipinski definition) is 1. The number of aromatic nitrogens is 2. The zero-order valence-corrected chi connectivity index (χ0v) is 18.6. The lowest BCUT2D eigenvalue weighted by atomic mass is 9.90. The molecule has 0 radical (unpaired) electrons. The lowest BCUT2D eigenvalue weighted by molar-refractivity contribution is -0.140. The zero-order valence-electron chi connectivity index (χ0n) is 17.8. The summed E-state index contributed by atoms with van der Waals surface area (Å²) in [5.41, 5.74) is -0.328. The highest BCUT2D eigenvalue weighted by Gasteiger charge is 2.32. The first kappa shape index (κ1) is 20.8. The van der Waals surface area contributed by atoms with E-state index in [-0.39, 0.29) is 23.3 Å². The molecule has 1 N–H and O–H groups in total. The van der Waals surface area contributed by atoms with Crippen LogP contribution in [0.5, 0.6) is 0 Å². The Morgan fingerprint density at radius 3 is 2.50 bits per heavy atom. The first-order valence-electron chi connectivity index (χ1n) is 10.5. The Balaban J connectivity index is 1.27. The van der Waals surface area contributed by atoms with Crippen molar-refractivity contribution in [1.29, 1.82) is 0 Å². The fourth-order valence-electron chi connectivity index (χ4n) is 4.01. The number of hydrogen-bond acceptors (Lipinski definition) is 6. The van der Waals surface area contributed by atoms with Crippen molar-refractivity contribution in [3.63, 3.8) is 0 Å². The molecular weight excluding hydrogens is 398 g/mol. The smallest absolute Gasteiger partial charge is 0.261 e. The number of nitrogens with zero attached hydrogens (tertiary/aromatic N) is 4. The second-order valence-corrected chi connectivity index (χ2v) is 10.3. The number of carbonyl (C=O) groups excluding carboxylic acids is 2. The highest BCUT2D eigenvalue weighted by molar-refractivity contribution is 7.14. The molecule has 7 nitrogen and oxygen atoms in total. The molecule has 0 atom stereocenters. The van der Waals surface area contributed by atoms with Gasteiger partial charge in [-0.25, -0.2) is 0 Å². The van der Waals surface area contributed by atoms with Gasteiger partial charge in [0.2, 0.25) is 5.91 Å². The van der Waals surface area contributed by atoms with Crippen molar-refractivity contribution in [3.8, 4) is 0 Å². The average molecular weight is 428 g/mol. The van der Waals surface area contributed by atoms with Crippen LogP contribution in [-0.2, 0) is 4.79 Å².